The second-order valence-electron chi connectivity index (χ2n) is 3.26. The maximum absolute atomic E-state index is 10.9. The Balaban J connectivity index is 2.71. The minimum atomic E-state index is -1.09. The number of carboxylic acids is 1. The number of aliphatic hydroxyl groups excluding tert-OH is 1. The van der Waals surface area contributed by atoms with Gasteiger partial charge >= 0.3 is 5.97 Å². The number of aromatic nitrogens is 2. The number of nitrogens with zero attached hydrogens (tertiary/aromatic N) is 2. The lowest BCUT2D eigenvalue weighted by atomic mass is 10.3. The molecule has 84 valence electrons. The number of rotatable bonds is 3. The van der Waals surface area contributed by atoms with E-state index in [9.17, 15) is 4.79 Å². The summed E-state index contributed by atoms with van der Waals surface area (Å²) in [5, 5.41) is 18.3. The number of hydrogen-bond donors (Lipinski definition) is 2. The second-order valence-corrected chi connectivity index (χ2v) is 3.69. The number of carboxylic acid groups (broad SMARTS) is 1. The Labute approximate surface area is 95.9 Å². The van der Waals surface area contributed by atoms with Crippen molar-refractivity contribution in [3.05, 3.63) is 34.9 Å². The maximum atomic E-state index is 10.9. The zero-order chi connectivity index (χ0) is 11.7. The third kappa shape index (κ3) is 1.75. The Morgan fingerprint density at radius 2 is 2.25 bits per heavy atom. The molecule has 2 aromatic rings. The van der Waals surface area contributed by atoms with Crippen molar-refractivity contribution in [1.29, 1.82) is 0 Å². The minimum absolute atomic E-state index is 0.0277. The molecule has 0 radical (unpaired) electrons. The van der Waals surface area contributed by atoms with E-state index in [1.54, 1.807) is 22.7 Å². The van der Waals surface area contributed by atoms with E-state index in [2.05, 4.69) is 4.98 Å². The molecule has 0 spiro atoms. The Hall–Kier alpha value is -1.59. The summed E-state index contributed by atoms with van der Waals surface area (Å²) in [5.41, 5.74) is 0.445. The maximum Gasteiger partial charge on any atom is 0.356 e. The van der Waals surface area contributed by atoms with Crippen molar-refractivity contribution in [1.82, 2.24) is 9.38 Å². The van der Waals surface area contributed by atoms with Crippen LogP contribution in [0.25, 0.3) is 5.52 Å². The van der Waals surface area contributed by atoms with Crippen molar-refractivity contribution in [3.63, 3.8) is 0 Å². The molecule has 0 aromatic carbocycles. The average molecular weight is 241 g/mol. The van der Waals surface area contributed by atoms with Crippen LogP contribution in [0, 0.1) is 0 Å². The summed E-state index contributed by atoms with van der Waals surface area (Å²) in [7, 11) is 0. The van der Waals surface area contributed by atoms with Crippen LogP contribution in [-0.2, 0) is 6.42 Å². The molecule has 0 aliphatic carbocycles. The number of aliphatic hydroxyl groups is 1. The highest BCUT2D eigenvalue weighted by Gasteiger charge is 2.16. The first-order valence-electron chi connectivity index (χ1n) is 4.64. The van der Waals surface area contributed by atoms with Gasteiger partial charge in [-0.3, -0.25) is 0 Å². The van der Waals surface area contributed by atoms with Gasteiger partial charge in [-0.25, -0.2) is 9.78 Å². The van der Waals surface area contributed by atoms with Gasteiger partial charge in [0.15, 0.2) is 5.69 Å². The van der Waals surface area contributed by atoms with Gasteiger partial charge in [0.25, 0.3) is 0 Å². The van der Waals surface area contributed by atoms with Gasteiger partial charge in [0.1, 0.15) is 5.82 Å². The summed E-state index contributed by atoms with van der Waals surface area (Å²) in [6, 6.07) is 3.20. The van der Waals surface area contributed by atoms with E-state index in [1.807, 2.05) is 0 Å². The van der Waals surface area contributed by atoms with Crippen molar-refractivity contribution < 1.29 is 15.0 Å². The van der Waals surface area contributed by atoms with Gasteiger partial charge < -0.3 is 14.6 Å². The molecule has 6 heteroatoms. The Kier molecular flexibility index (Phi) is 2.80. The summed E-state index contributed by atoms with van der Waals surface area (Å²) in [6.45, 7) is -0.0926. The van der Waals surface area contributed by atoms with Gasteiger partial charge in [0, 0.05) is 12.6 Å². The number of pyridine rings is 1. The molecule has 2 N–H and O–H groups in total. The van der Waals surface area contributed by atoms with Crippen molar-refractivity contribution >= 4 is 23.1 Å². The summed E-state index contributed by atoms with van der Waals surface area (Å²) >= 11 is 5.82. The van der Waals surface area contributed by atoms with Crippen LogP contribution in [0.5, 0.6) is 0 Å². The molecule has 0 saturated heterocycles. The molecular weight excluding hydrogens is 232 g/mol. The van der Waals surface area contributed by atoms with E-state index in [1.165, 1.54) is 0 Å². The number of carbonyl (C=O) groups is 1. The van der Waals surface area contributed by atoms with Gasteiger partial charge in [-0.05, 0) is 12.1 Å². The lowest BCUT2D eigenvalue weighted by Gasteiger charge is -1.99. The predicted octanol–water partition coefficient (Wildman–Crippen LogP) is 1.22. The van der Waals surface area contributed by atoms with Crippen molar-refractivity contribution in [2.45, 2.75) is 6.42 Å². The van der Waals surface area contributed by atoms with Crippen molar-refractivity contribution in [2.75, 3.05) is 6.61 Å². The van der Waals surface area contributed by atoms with E-state index in [4.69, 9.17) is 21.8 Å². The quantitative estimate of drug-likeness (QED) is 0.846. The number of imidazole rings is 1. The highest BCUT2D eigenvalue weighted by atomic mass is 35.5. The number of aromatic carboxylic acids is 1. The van der Waals surface area contributed by atoms with Crippen LogP contribution < -0.4 is 0 Å². The molecule has 0 aliphatic heterocycles. The van der Waals surface area contributed by atoms with E-state index >= 15 is 0 Å². The smallest absolute Gasteiger partial charge is 0.356 e. The molecule has 0 atom stereocenters. The van der Waals surface area contributed by atoms with Gasteiger partial charge in [-0.1, -0.05) is 11.6 Å². The second kappa shape index (κ2) is 4.11. The average Bonchev–Trinajstić information content (AvgIpc) is 2.58. The highest BCUT2D eigenvalue weighted by Crippen LogP contribution is 2.17. The van der Waals surface area contributed by atoms with Crippen LogP contribution >= 0.6 is 11.6 Å². The molecule has 0 amide bonds. The molecule has 16 heavy (non-hydrogen) atoms. The molecule has 2 heterocycles. The predicted molar refractivity (Wildman–Crippen MR) is 58.0 cm³/mol. The molecule has 0 unspecified atom stereocenters. The lowest BCUT2D eigenvalue weighted by molar-refractivity contribution is 0.0693. The van der Waals surface area contributed by atoms with Crippen LogP contribution in [0.15, 0.2) is 18.3 Å². The van der Waals surface area contributed by atoms with Crippen LogP contribution in [0.1, 0.15) is 16.3 Å². The fraction of sp³-hybridized carbons (Fsp3) is 0.200. The third-order valence-electron chi connectivity index (χ3n) is 2.21. The summed E-state index contributed by atoms with van der Waals surface area (Å²) in [6.07, 6.45) is 1.87. The summed E-state index contributed by atoms with van der Waals surface area (Å²) in [4.78, 5) is 14.9. The monoisotopic (exact) mass is 240 g/mol. The van der Waals surface area contributed by atoms with E-state index < -0.39 is 5.97 Å². The first-order valence-corrected chi connectivity index (χ1v) is 5.02. The van der Waals surface area contributed by atoms with Crippen molar-refractivity contribution in [3.8, 4) is 0 Å². The Morgan fingerprint density at radius 1 is 1.50 bits per heavy atom. The van der Waals surface area contributed by atoms with Gasteiger partial charge in [-0.15, -0.1) is 0 Å². The zero-order valence-electron chi connectivity index (χ0n) is 8.22. The topological polar surface area (TPSA) is 74.8 Å². The number of halogens is 1. The van der Waals surface area contributed by atoms with Gasteiger partial charge in [0.2, 0.25) is 0 Å². The Bertz CT molecular complexity index is 550. The first-order chi connectivity index (χ1) is 7.63. The summed E-state index contributed by atoms with van der Waals surface area (Å²) < 4.78 is 1.59. The normalized spacial score (nSPS) is 10.9. The third-order valence-corrected chi connectivity index (χ3v) is 2.44. The molecule has 0 aliphatic rings. The zero-order valence-corrected chi connectivity index (χ0v) is 8.98. The van der Waals surface area contributed by atoms with Crippen molar-refractivity contribution in [2.24, 2.45) is 0 Å². The standard InChI is InChI=1S/C10H9ClN2O3/c11-6-1-2-7-9(10(15)16)12-8(3-4-14)13(7)5-6/h1-2,5,14H,3-4H2,(H,15,16). The molecule has 2 rings (SSSR count). The van der Waals surface area contributed by atoms with Crippen LogP contribution in [0.4, 0.5) is 0 Å². The molecule has 0 fully saturated rings. The fourth-order valence-electron chi connectivity index (χ4n) is 1.56. The van der Waals surface area contributed by atoms with Crippen LogP contribution in [-0.4, -0.2) is 32.2 Å². The molecular formula is C10H9ClN2O3. The molecule has 2 aromatic heterocycles. The molecule has 0 bridgehead atoms. The number of hydrogen-bond acceptors (Lipinski definition) is 3. The summed E-state index contributed by atoms with van der Waals surface area (Å²) in [5.74, 6) is -0.610. The SMILES string of the molecule is O=C(O)c1nc(CCO)n2cc(Cl)ccc12. The van der Waals surface area contributed by atoms with E-state index in [-0.39, 0.29) is 18.7 Å². The van der Waals surface area contributed by atoms with Crippen LogP contribution in [0.3, 0.4) is 0 Å². The van der Waals surface area contributed by atoms with E-state index in [0.29, 0.717) is 16.4 Å². The van der Waals surface area contributed by atoms with Gasteiger partial charge in [0.05, 0.1) is 17.1 Å². The largest absolute Gasteiger partial charge is 0.476 e. The Morgan fingerprint density at radius 3 is 2.88 bits per heavy atom. The lowest BCUT2D eigenvalue weighted by Crippen LogP contribution is -1.98. The van der Waals surface area contributed by atoms with E-state index in [0.717, 1.165) is 0 Å². The van der Waals surface area contributed by atoms with Crippen LogP contribution in [0.2, 0.25) is 5.02 Å². The number of fused-ring (bicyclic) bond motifs is 1. The first kappa shape index (κ1) is 10.9. The molecule has 5 nitrogen and oxygen atoms in total. The fourth-order valence-corrected chi connectivity index (χ4v) is 1.72. The molecule has 0 saturated carbocycles. The van der Waals surface area contributed by atoms with Gasteiger partial charge in [-0.2, -0.15) is 0 Å². The highest BCUT2D eigenvalue weighted by molar-refractivity contribution is 6.30. The minimum Gasteiger partial charge on any atom is -0.476 e.